The predicted molar refractivity (Wildman–Crippen MR) is 77.6 cm³/mol. The van der Waals surface area contributed by atoms with Crippen molar-refractivity contribution in [2.75, 3.05) is 5.32 Å². The van der Waals surface area contributed by atoms with Gasteiger partial charge in [-0.05, 0) is 25.1 Å². The van der Waals surface area contributed by atoms with Crippen LogP contribution in [0.1, 0.15) is 44.9 Å². The van der Waals surface area contributed by atoms with Gasteiger partial charge in [0.25, 0.3) is 0 Å². The lowest BCUT2D eigenvalue weighted by molar-refractivity contribution is 0.430. The molecule has 0 bridgehead atoms. The van der Waals surface area contributed by atoms with E-state index in [2.05, 4.69) is 15.6 Å². The fraction of sp³-hybridized carbons (Fsp3) is 0.667. The SMILES string of the molecule is S=C(Nc1nccs1)NC1CCCCCCC1. The Morgan fingerprint density at radius 2 is 1.94 bits per heavy atom. The normalized spacial score (nSPS) is 18.1. The average molecular weight is 269 g/mol. The van der Waals surface area contributed by atoms with E-state index in [-0.39, 0.29) is 0 Å². The molecule has 1 aliphatic carbocycles. The zero-order valence-electron chi connectivity index (χ0n) is 9.95. The van der Waals surface area contributed by atoms with Crippen LogP contribution in [-0.2, 0) is 0 Å². The van der Waals surface area contributed by atoms with Gasteiger partial charge in [0.2, 0.25) is 0 Å². The molecule has 1 aliphatic rings. The highest BCUT2D eigenvalue weighted by molar-refractivity contribution is 7.80. The second kappa shape index (κ2) is 6.91. The Kier molecular flexibility index (Phi) is 5.19. The van der Waals surface area contributed by atoms with Gasteiger partial charge in [-0.1, -0.05) is 32.1 Å². The quantitative estimate of drug-likeness (QED) is 0.805. The molecule has 1 aromatic heterocycles. The van der Waals surface area contributed by atoms with Crippen molar-refractivity contribution in [3.05, 3.63) is 11.6 Å². The molecule has 0 amide bonds. The molecular formula is C12H19N3S2. The van der Waals surface area contributed by atoms with E-state index in [1.165, 1.54) is 44.9 Å². The third-order valence-electron chi connectivity index (χ3n) is 3.09. The second-order valence-electron chi connectivity index (χ2n) is 4.48. The average Bonchev–Trinajstić information content (AvgIpc) is 2.74. The Morgan fingerprint density at radius 3 is 2.59 bits per heavy atom. The molecule has 94 valence electrons. The summed E-state index contributed by atoms with van der Waals surface area (Å²) in [6, 6.07) is 0.537. The standard InChI is InChI=1S/C12H19N3S2/c16-11(15-12-13-8-9-17-12)14-10-6-4-2-1-3-5-7-10/h8-10H,1-7H2,(H2,13,14,15,16). The first kappa shape index (κ1) is 12.8. The van der Waals surface area contributed by atoms with Crippen LogP contribution >= 0.6 is 23.6 Å². The van der Waals surface area contributed by atoms with Gasteiger partial charge in [0.15, 0.2) is 10.2 Å². The number of hydrogen-bond donors (Lipinski definition) is 2. The summed E-state index contributed by atoms with van der Waals surface area (Å²) >= 11 is 6.88. The van der Waals surface area contributed by atoms with E-state index in [0.29, 0.717) is 11.2 Å². The summed E-state index contributed by atoms with van der Waals surface area (Å²) in [4.78, 5) is 4.16. The van der Waals surface area contributed by atoms with Gasteiger partial charge in [-0.2, -0.15) is 0 Å². The maximum Gasteiger partial charge on any atom is 0.188 e. The lowest BCUT2D eigenvalue weighted by atomic mass is 9.97. The summed E-state index contributed by atoms with van der Waals surface area (Å²) in [6.07, 6.45) is 11.0. The number of hydrogen-bond acceptors (Lipinski definition) is 3. The van der Waals surface area contributed by atoms with E-state index in [1.54, 1.807) is 17.5 Å². The van der Waals surface area contributed by atoms with Crippen LogP contribution in [0.25, 0.3) is 0 Å². The monoisotopic (exact) mass is 269 g/mol. The highest BCUT2D eigenvalue weighted by atomic mass is 32.1. The number of nitrogens with zero attached hydrogens (tertiary/aromatic N) is 1. The molecule has 5 heteroatoms. The van der Waals surface area contributed by atoms with Gasteiger partial charge in [-0.3, -0.25) is 0 Å². The van der Waals surface area contributed by atoms with Gasteiger partial charge < -0.3 is 10.6 Å². The molecule has 1 aromatic rings. The van der Waals surface area contributed by atoms with Crippen LogP contribution in [0.2, 0.25) is 0 Å². The molecule has 0 spiro atoms. The Bertz CT molecular complexity index is 330. The lowest BCUT2D eigenvalue weighted by Gasteiger charge is -2.22. The number of aromatic nitrogens is 1. The molecule has 3 nitrogen and oxygen atoms in total. The van der Waals surface area contributed by atoms with Crippen molar-refractivity contribution in [1.29, 1.82) is 0 Å². The van der Waals surface area contributed by atoms with Crippen molar-refractivity contribution in [1.82, 2.24) is 10.3 Å². The van der Waals surface area contributed by atoms with E-state index < -0.39 is 0 Å². The van der Waals surface area contributed by atoms with E-state index in [0.717, 1.165) is 5.13 Å². The fourth-order valence-corrected chi connectivity index (χ4v) is 3.07. The van der Waals surface area contributed by atoms with Crippen LogP contribution in [0.4, 0.5) is 5.13 Å². The summed E-state index contributed by atoms with van der Waals surface area (Å²) in [6.45, 7) is 0. The minimum Gasteiger partial charge on any atom is -0.360 e. The van der Waals surface area contributed by atoms with Crippen LogP contribution in [0, 0.1) is 0 Å². The molecule has 0 saturated heterocycles. The molecule has 0 radical (unpaired) electrons. The number of thiocarbonyl (C=S) groups is 1. The van der Waals surface area contributed by atoms with Gasteiger partial charge in [0, 0.05) is 17.6 Å². The van der Waals surface area contributed by atoms with Gasteiger partial charge >= 0.3 is 0 Å². The highest BCUT2D eigenvalue weighted by Gasteiger charge is 2.12. The predicted octanol–water partition coefficient (Wildman–Crippen LogP) is 3.54. The number of nitrogens with one attached hydrogen (secondary N) is 2. The first-order chi connectivity index (χ1) is 8.34. The molecule has 1 fully saturated rings. The summed E-state index contributed by atoms with van der Waals surface area (Å²) in [7, 11) is 0. The van der Waals surface area contributed by atoms with Gasteiger partial charge in [0.1, 0.15) is 0 Å². The number of rotatable bonds is 2. The molecule has 0 atom stereocenters. The van der Waals surface area contributed by atoms with Crippen LogP contribution in [0.15, 0.2) is 11.6 Å². The summed E-state index contributed by atoms with van der Waals surface area (Å²) in [5, 5.41) is 10.1. The molecule has 0 aliphatic heterocycles. The van der Waals surface area contributed by atoms with Crippen molar-refractivity contribution in [3.63, 3.8) is 0 Å². The van der Waals surface area contributed by atoms with E-state index in [9.17, 15) is 0 Å². The summed E-state index contributed by atoms with van der Waals surface area (Å²) in [5.41, 5.74) is 0. The third-order valence-corrected chi connectivity index (χ3v) is 4.00. The fourth-order valence-electron chi connectivity index (χ4n) is 2.20. The summed E-state index contributed by atoms with van der Waals surface area (Å²) in [5.74, 6) is 0. The zero-order valence-corrected chi connectivity index (χ0v) is 11.6. The lowest BCUT2D eigenvalue weighted by Crippen LogP contribution is -2.38. The Labute approximate surface area is 112 Å². The van der Waals surface area contributed by atoms with E-state index in [1.807, 2.05) is 5.38 Å². The Morgan fingerprint density at radius 1 is 1.24 bits per heavy atom. The molecule has 0 aromatic carbocycles. The molecule has 1 saturated carbocycles. The first-order valence-electron chi connectivity index (χ1n) is 6.31. The van der Waals surface area contributed by atoms with E-state index >= 15 is 0 Å². The first-order valence-corrected chi connectivity index (χ1v) is 7.60. The second-order valence-corrected chi connectivity index (χ2v) is 5.78. The van der Waals surface area contributed by atoms with Crippen LogP contribution < -0.4 is 10.6 Å². The highest BCUT2D eigenvalue weighted by Crippen LogP contribution is 2.17. The van der Waals surface area contributed by atoms with Crippen molar-refractivity contribution < 1.29 is 0 Å². The van der Waals surface area contributed by atoms with Crippen LogP contribution in [0.5, 0.6) is 0 Å². The minimum absolute atomic E-state index is 0.537. The molecule has 1 heterocycles. The van der Waals surface area contributed by atoms with Crippen molar-refractivity contribution in [2.45, 2.75) is 51.0 Å². The van der Waals surface area contributed by atoms with Gasteiger partial charge in [-0.15, -0.1) is 11.3 Å². The largest absolute Gasteiger partial charge is 0.360 e. The molecule has 0 unspecified atom stereocenters. The maximum absolute atomic E-state index is 5.31. The molecule has 17 heavy (non-hydrogen) atoms. The van der Waals surface area contributed by atoms with Crippen molar-refractivity contribution in [3.8, 4) is 0 Å². The summed E-state index contributed by atoms with van der Waals surface area (Å²) < 4.78 is 0. The van der Waals surface area contributed by atoms with Gasteiger partial charge in [0.05, 0.1) is 0 Å². The topological polar surface area (TPSA) is 37.0 Å². The van der Waals surface area contributed by atoms with Gasteiger partial charge in [-0.25, -0.2) is 4.98 Å². The van der Waals surface area contributed by atoms with Crippen LogP contribution in [0.3, 0.4) is 0 Å². The molecule has 2 rings (SSSR count). The number of anilines is 1. The van der Waals surface area contributed by atoms with Crippen LogP contribution in [-0.4, -0.2) is 16.1 Å². The van der Waals surface area contributed by atoms with E-state index in [4.69, 9.17) is 12.2 Å². The molecule has 2 N–H and O–H groups in total. The Balaban J connectivity index is 1.76. The third kappa shape index (κ3) is 4.60. The van der Waals surface area contributed by atoms with Crippen molar-refractivity contribution >= 4 is 33.8 Å². The Hall–Kier alpha value is -0.680. The zero-order chi connectivity index (χ0) is 11.9. The smallest absolute Gasteiger partial charge is 0.188 e. The maximum atomic E-state index is 5.31. The minimum atomic E-state index is 0.537. The number of thiazole rings is 1. The van der Waals surface area contributed by atoms with Crippen molar-refractivity contribution in [2.24, 2.45) is 0 Å². The molecular weight excluding hydrogens is 250 g/mol.